The summed E-state index contributed by atoms with van der Waals surface area (Å²) in [5, 5.41) is 49.9. The van der Waals surface area contributed by atoms with Gasteiger partial charge < -0.3 is 25.5 Å². The number of benzene rings is 3. The van der Waals surface area contributed by atoms with E-state index >= 15 is 0 Å². The number of carboxylic acid groups (broad SMARTS) is 5. The lowest BCUT2D eigenvalue weighted by atomic mass is 10.0. The van der Waals surface area contributed by atoms with Gasteiger partial charge in [0, 0.05) is 26.2 Å². The van der Waals surface area contributed by atoms with Crippen LogP contribution in [-0.2, 0) is 43.2 Å². The maximum atomic E-state index is 12.7. The van der Waals surface area contributed by atoms with Crippen LogP contribution in [-0.4, -0.2) is 127 Å². The van der Waals surface area contributed by atoms with Crippen LogP contribution in [0.4, 0.5) is 0 Å². The van der Waals surface area contributed by atoms with Crippen LogP contribution in [0.2, 0.25) is 0 Å². The lowest BCUT2D eigenvalue weighted by Gasteiger charge is -2.35. The number of hydrogen-bond acceptors (Lipinski definition) is 8. The summed E-state index contributed by atoms with van der Waals surface area (Å²) in [6.45, 7) is -1.77. The molecule has 0 aliphatic carbocycles. The smallest absolute Gasteiger partial charge is 0.321 e. The van der Waals surface area contributed by atoms with Crippen molar-refractivity contribution in [2.24, 2.45) is 0 Å². The maximum Gasteiger partial charge on any atom is 0.321 e. The van der Waals surface area contributed by atoms with Crippen LogP contribution in [0.3, 0.4) is 0 Å². The Balaban J connectivity index is 1.93. The first kappa shape index (κ1) is 37.3. The molecule has 3 aromatic rings. The van der Waals surface area contributed by atoms with Gasteiger partial charge in [-0.3, -0.25) is 38.7 Å². The van der Waals surface area contributed by atoms with Crippen molar-refractivity contribution in [2.75, 3.05) is 39.3 Å². The van der Waals surface area contributed by atoms with E-state index in [0.717, 1.165) is 0 Å². The van der Waals surface area contributed by atoms with Crippen molar-refractivity contribution in [2.45, 2.75) is 37.4 Å². The van der Waals surface area contributed by atoms with E-state index in [2.05, 4.69) is 0 Å². The second-order valence-electron chi connectivity index (χ2n) is 11.4. The van der Waals surface area contributed by atoms with Gasteiger partial charge in [0.05, 0.1) is 13.1 Å². The SMILES string of the molecule is O=C(O)CN(CCN(CCN(CC(=O)O)[C@@H](Cc1ccccc1)C(=O)O)[C@@H](Cc1ccccc1)C(=O)O)[C@@H](Cc1ccccc1)C(=O)O. The molecule has 0 fully saturated rings. The number of hydrogen-bond donors (Lipinski definition) is 5. The molecule has 48 heavy (non-hydrogen) atoms. The first-order chi connectivity index (χ1) is 22.9. The molecule has 3 aromatic carbocycles. The molecule has 0 aromatic heterocycles. The van der Waals surface area contributed by atoms with Crippen molar-refractivity contribution >= 4 is 29.8 Å². The molecule has 3 atom stereocenters. The predicted molar refractivity (Wildman–Crippen MR) is 175 cm³/mol. The minimum absolute atomic E-state index is 0.00198. The fourth-order valence-electron chi connectivity index (χ4n) is 5.60. The van der Waals surface area contributed by atoms with E-state index in [1.807, 2.05) is 0 Å². The second-order valence-corrected chi connectivity index (χ2v) is 11.4. The molecular weight excluding hydrogens is 622 g/mol. The lowest BCUT2D eigenvalue weighted by molar-refractivity contribution is -0.148. The van der Waals surface area contributed by atoms with Crippen molar-refractivity contribution in [3.63, 3.8) is 0 Å². The van der Waals surface area contributed by atoms with E-state index in [-0.39, 0.29) is 45.4 Å². The van der Waals surface area contributed by atoms with Crippen LogP contribution in [0, 0.1) is 0 Å². The Labute approximate surface area is 278 Å². The fraction of sp³-hybridized carbons (Fsp3) is 0.343. The molecule has 0 radical (unpaired) electrons. The van der Waals surface area contributed by atoms with Gasteiger partial charge in [-0.15, -0.1) is 0 Å². The third kappa shape index (κ3) is 12.2. The zero-order valence-electron chi connectivity index (χ0n) is 26.4. The Bertz CT molecular complexity index is 1410. The minimum atomic E-state index is -1.27. The van der Waals surface area contributed by atoms with Crippen LogP contribution in [0.1, 0.15) is 16.7 Å². The van der Waals surface area contributed by atoms with Gasteiger partial charge in [0.15, 0.2) is 0 Å². The highest BCUT2D eigenvalue weighted by molar-refractivity contribution is 5.77. The number of carboxylic acids is 5. The molecule has 256 valence electrons. The van der Waals surface area contributed by atoms with E-state index in [1.165, 1.54) is 14.7 Å². The largest absolute Gasteiger partial charge is 0.480 e. The Kier molecular flexibility index (Phi) is 14.7. The molecular formula is C35H41N3O10. The van der Waals surface area contributed by atoms with E-state index < -0.39 is 61.1 Å². The number of aliphatic carboxylic acids is 5. The van der Waals surface area contributed by atoms with Gasteiger partial charge in [0.2, 0.25) is 0 Å². The molecule has 13 nitrogen and oxygen atoms in total. The Morgan fingerprint density at radius 3 is 0.917 bits per heavy atom. The summed E-state index contributed by atoms with van der Waals surface area (Å²) in [4.78, 5) is 65.3. The van der Waals surface area contributed by atoms with E-state index in [9.17, 15) is 49.5 Å². The highest BCUT2D eigenvalue weighted by Gasteiger charge is 2.33. The Hall–Kier alpha value is -5.11. The van der Waals surface area contributed by atoms with Gasteiger partial charge >= 0.3 is 29.8 Å². The van der Waals surface area contributed by atoms with E-state index in [4.69, 9.17) is 0 Å². The third-order valence-corrected chi connectivity index (χ3v) is 8.02. The standard InChI is InChI=1S/C35H41N3O10/c39-31(40)23-37(29(34(45)46)21-26-12-6-2-7-13-26)18-16-36(28(33(43)44)20-25-10-4-1-5-11-25)17-19-38(24-32(41)42)30(35(47)48)22-27-14-8-3-9-15-27/h1-15,28-30H,16-24H2,(H,39,40)(H,41,42)(H,43,44)(H,45,46)(H,47,48)/t28-,29-,30-/m0/s1. The molecule has 0 bridgehead atoms. The van der Waals surface area contributed by atoms with Crippen molar-refractivity contribution in [3.8, 4) is 0 Å². The first-order valence-corrected chi connectivity index (χ1v) is 15.4. The van der Waals surface area contributed by atoms with Crippen molar-refractivity contribution in [1.82, 2.24) is 14.7 Å². The second kappa shape index (κ2) is 18.9. The molecule has 0 spiro atoms. The third-order valence-electron chi connectivity index (χ3n) is 8.02. The Morgan fingerprint density at radius 1 is 0.417 bits per heavy atom. The number of carbonyl (C=O) groups is 5. The summed E-state index contributed by atoms with van der Waals surface area (Å²) in [7, 11) is 0. The molecule has 0 saturated heterocycles. The molecule has 0 unspecified atom stereocenters. The van der Waals surface area contributed by atoms with Crippen LogP contribution in [0.5, 0.6) is 0 Å². The maximum absolute atomic E-state index is 12.7. The average molecular weight is 664 g/mol. The molecule has 0 amide bonds. The average Bonchev–Trinajstić information content (AvgIpc) is 3.05. The van der Waals surface area contributed by atoms with Crippen LogP contribution in [0.25, 0.3) is 0 Å². The highest BCUT2D eigenvalue weighted by atomic mass is 16.4. The van der Waals surface area contributed by atoms with Gasteiger partial charge in [-0.05, 0) is 36.0 Å². The summed E-state index contributed by atoms with van der Waals surface area (Å²) in [5.41, 5.74) is 2.04. The summed E-state index contributed by atoms with van der Waals surface area (Å²) < 4.78 is 0. The van der Waals surface area contributed by atoms with Gasteiger partial charge in [-0.25, -0.2) is 0 Å². The normalized spacial score (nSPS) is 13.2. The summed E-state index contributed by atoms with van der Waals surface area (Å²) in [5.74, 6) is -6.23. The Morgan fingerprint density at radius 2 is 0.667 bits per heavy atom. The molecule has 0 heterocycles. The zero-order chi connectivity index (χ0) is 35.1. The first-order valence-electron chi connectivity index (χ1n) is 15.4. The van der Waals surface area contributed by atoms with Gasteiger partial charge in [-0.2, -0.15) is 0 Å². The molecule has 13 heteroatoms. The highest BCUT2D eigenvalue weighted by Crippen LogP contribution is 2.16. The summed E-state index contributed by atoms with van der Waals surface area (Å²) >= 11 is 0. The minimum Gasteiger partial charge on any atom is -0.480 e. The van der Waals surface area contributed by atoms with Gasteiger partial charge in [-0.1, -0.05) is 91.0 Å². The zero-order valence-corrected chi connectivity index (χ0v) is 26.4. The van der Waals surface area contributed by atoms with E-state index in [0.29, 0.717) is 16.7 Å². The van der Waals surface area contributed by atoms with Crippen molar-refractivity contribution < 1.29 is 49.5 Å². The molecule has 0 aliphatic heterocycles. The molecule has 0 saturated carbocycles. The predicted octanol–water partition coefficient (Wildman–Crippen LogP) is 2.15. The fourth-order valence-corrected chi connectivity index (χ4v) is 5.60. The van der Waals surface area contributed by atoms with Crippen molar-refractivity contribution in [1.29, 1.82) is 0 Å². The van der Waals surface area contributed by atoms with Crippen LogP contribution >= 0.6 is 0 Å². The van der Waals surface area contributed by atoms with Gasteiger partial charge in [0.1, 0.15) is 18.1 Å². The monoisotopic (exact) mass is 663 g/mol. The van der Waals surface area contributed by atoms with Crippen LogP contribution < -0.4 is 0 Å². The molecule has 5 N–H and O–H groups in total. The quantitative estimate of drug-likeness (QED) is 0.105. The number of nitrogens with zero attached hydrogens (tertiary/aromatic N) is 3. The summed E-state index contributed by atoms with van der Waals surface area (Å²) in [6.07, 6.45) is 0.0385. The summed E-state index contributed by atoms with van der Waals surface area (Å²) in [6, 6.07) is 22.5. The van der Waals surface area contributed by atoms with Crippen molar-refractivity contribution in [3.05, 3.63) is 108 Å². The topological polar surface area (TPSA) is 196 Å². The molecule has 3 rings (SSSR count). The molecule has 0 aliphatic rings. The number of rotatable bonds is 22. The van der Waals surface area contributed by atoms with Gasteiger partial charge in [0.25, 0.3) is 0 Å². The van der Waals surface area contributed by atoms with Crippen LogP contribution in [0.15, 0.2) is 91.0 Å². The lowest BCUT2D eigenvalue weighted by Crippen LogP contribution is -2.54. The van der Waals surface area contributed by atoms with E-state index in [1.54, 1.807) is 91.0 Å².